The average Bonchev–Trinajstić information content (AvgIpc) is 2.34. The van der Waals surface area contributed by atoms with Gasteiger partial charge in [-0.15, -0.1) is 0 Å². The van der Waals surface area contributed by atoms with E-state index in [1.54, 1.807) is 26.2 Å². The predicted molar refractivity (Wildman–Crippen MR) is 65.7 cm³/mol. The van der Waals surface area contributed by atoms with Crippen LogP contribution in [0.25, 0.3) is 0 Å². The van der Waals surface area contributed by atoms with Crippen molar-refractivity contribution in [1.82, 2.24) is 5.32 Å². The molecule has 5 heteroatoms. The summed E-state index contributed by atoms with van der Waals surface area (Å²) in [6.45, 7) is 2.59. The van der Waals surface area contributed by atoms with Gasteiger partial charge in [-0.1, -0.05) is 12.1 Å². The van der Waals surface area contributed by atoms with Gasteiger partial charge in [0, 0.05) is 7.11 Å². The molecule has 1 aromatic carbocycles. The van der Waals surface area contributed by atoms with E-state index in [9.17, 15) is 9.18 Å². The van der Waals surface area contributed by atoms with Crippen molar-refractivity contribution in [2.45, 2.75) is 13.0 Å². The molecule has 0 unspecified atom stereocenters. The van der Waals surface area contributed by atoms with Crippen LogP contribution in [-0.2, 0) is 14.3 Å². The minimum atomic E-state index is -0.315. The van der Waals surface area contributed by atoms with Crippen molar-refractivity contribution < 1.29 is 18.7 Å². The van der Waals surface area contributed by atoms with Gasteiger partial charge in [0.25, 0.3) is 0 Å². The van der Waals surface area contributed by atoms with E-state index in [4.69, 9.17) is 9.47 Å². The number of carbonyl (C=O) groups excluding carboxylic acids is 1. The number of hydrogen-bond acceptors (Lipinski definition) is 3. The summed E-state index contributed by atoms with van der Waals surface area (Å²) in [6.07, 6.45) is 0. The Labute approximate surface area is 106 Å². The van der Waals surface area contributed by atoms with Crippen LogP contribution in [0.1, 0.15) is 18.5 Å². The molecule has 0 saturated heterocycles. The Morgan fingerprint density at radius 3 is 2.89 bits per heavy atom. The number of halogens is 1. The molecule has 0 aliphatic rings. The first-order valence-electron chi connectivity index (χ1n) is 5.75. The van der Waals surface area contributed by atoms with Gasteiger partial charge in [0.2, 0.25) is 5.91 Å². The highest BCUT2D eigenvalue weighted by Gasteiger charge is 2.09. The lowest BCUT2D eigenvalue weighted by Gasteiger charge is -2.14. The van der Waals surface area contributed by atoms with Gasteiger partial charge in [0.05, 0.1) is 19.3 Å². The van der Waals surface area contributed by atoms with Gasteiger partial charge < -0.3 is 14.8 Å². The standard InChI is InChI=1S/C13H18FNO3/c1-10(11-4-3-5-12(14)8-11)15-13(16)9-18-7-6-17-2/h3-5,8,10H,6-7,9H2,1-2H3,(H,15,16)/t10-/m1/s1. The van der Waals surface area contributed by atoms with Gasteiger partial charge in [0.15, 0.2) is 0 Å². The molecule has 18 heavy (non-hydrogen) atoms. The molecule has 0 aromatic heterocycles. The van der Waals surface area contributed by atoms with Crippen molar-refractivity contribution in [3.05, 3.63) is 35.6 Å². The van der Waals surface area contributed by atoms with E-state index in [0.717, 1.165) is 5.56 Å². The average molecular weight is 255 g/mol. The summed E-state index contributed by atoms with van der Waals surface area (Å²) < 4.78 is 22.9. The fourth-order valence-corrected chi connectivity index (χ4v) is 1.45. The lowest BCUT2D eigenvalue weighted by molar-refractivity contribution is -0.126. The quantitative estimate of drug-likeness (QED) is 0.754. The first kappa shape index (κ1) is 14.6. The molecular formula is C13H18FNO3. The van der Waals surface area contributed by atoms with E-state index in [-0.39, 0.29) is 24.4 Å². The number of benzene rings is 1. The maximum absolute atomic E-state index is 13.0. The second kappa shape index (κ2) is 7.79. The zero-order chi connectivity index (χ0) is 13.4. The van der Waals surface area contributed by atoms with E-state index in [1.165, 1.54) is 12.1 Å². The van der Waals surface area contributed by atoms with E-state index < -0.39 is 0 Å². The lowest BCUT2D eigenvalue weighted by atomic mass is 10.1. The van der Waals surface area contributed by atoms with Crippen LogP contribution in [-0.4, -0.2) is 32.8 Å². The summed E-state index contributed by atoms with van der Waals surface area (Å²) in [6, 6.07) is 5.89. The van der Waals surface area contributed by atoms with E-state index in [0.29, 0.717) is 13.2 Å². The molecule has 0 radical (unpaired) electrons. The van der Waals surface area contributed by atoms with Gasteiger partial charge in [0.1, 0.15) is 12.4 Å². The molecule has 100 valence electrons. The normalized spacial score (nSPS) is 12.2. The first-order chi connectivity index (χ1) is 8.63. The maximum Gasteiger partial charge on any atom is 0.246 e. The van der Waals surface area contributed by atoms with Crippen molar-refractivity contribution in [3.8, 4) is 0 Å². The Kier molecular flexibility index (Phi) is 6.32. The van der Waals surface area contributed by atoms with E-state index >= 15 is 0 Å². The molecule has 1 atom stereocenters. The lowest BCUT2D eigenvalue weighted by Crippen LogP contribution is -2.30. The molecule has 0 aliphatic carbocycles. The van der Waals surface area contributed by atoms with Crippen LogP contribution in [0.15, 0.2) is 24.3 Å². The molecule has 0 heterocycles. The Morgan fingerprint density at radius 1 is 1.44 bits per heavy atom. The van der Waals surface area contributed by atoms with Gasteiger partial charge >= 0.3 is 0 Å². The second-order valence-corrected chi connectivity index (χ2v) is 3.89. The molecule has 0 bridgehead atoms. The molecule has 1 rings (SSSR count). The van der Waals surface area contributed by atoms with Crippen molar-refractivity contribution in [2.24, 2.45) is 0 Å². The molecule has 0 fully saturated rings. The summed E-state index contributed by atoms with van der Waals surface area (Å²) >= 11 is 0. The Balaban J connectivity index is 2.35. The Bertz CT molecular complexity index is 384. The molecule has 4 nitrogen and oxygen atoms in total. The van der Waals surface area contributed by atoms with E-state index in [1.807, 2.05) is 0 Å². The monoisotopic (exact) mass is 255 g/mol. The zero-order valence-corrected chi connectivity index (χ0v) is 10.6. The molecule has 0 spiro atoms. The van der Waals surface area contributed by atoms with Crippen molar-refractivity contribution in [2.75, 3.05) is 26.9 Å². The van der Waals surface area contributed by atoms with Crippen LogP contribution >= 0.6 is 0 Å². The van der Waals surface area contributed by atoms with Crippen LogP contribution in [0.2, 0.25) is 0 Å². The smallest absolute Gasteiger partial charge is 0.246 e. The number of nitrogens with one attached hydrogen (secondary N) is 1. The minimum Gasteiger partial charge on any atom is -0.382 e. The summed E-state index contributed by atoms with van der Waals surface area (Å²) in [7, 11) is 1.56. The van der Waals surface area contributed by atoms with Crippen LogP contribution in [0.5, 0.6) is 0 Å². The number of hydrogen-bond donors (Lipinski definition) is 1. The Morgan fingerprint density at radius 2 is 2.22 bits per heavy atom. The van der Waals surface area contributed by atoms with Crippen LogP contribution in [0, 0.1) is 5.82 Å². The van der Waals surface area contributed by atoms with E-state index in [2.05, 4.69) is 5.32 Å². The van der Waals surface area contributed by atoms with Crippen molar-refractivity contribution in [3.63, 3.8) is 0 Å². The third-order valence-corrected chi connectivity index (χ3v) is 2.39. The summed E-state index contributed by atoms with van der Waals surface area (Å²) in [4.78, 5) is 11.5. The van der Waals surface area contributed by atoms with Gasteiger partial charge in [-0.3, -0.25) is 4.79 Å². The molecule has 0 saturated carbocycles. The third kappa shape index (κ3) is 5.25. The largest absolute Gasteiger partial charge is 0.382 e. The second-order valence-electron chi connectivity index (χ2n) is 3.89. The highest BCUT2D eigenvalue weighted by molar-refractivity contribution is 5.77. The highest BCUT2D eigenvalue weighted by atomic mass is 19.1. The number of methoxy groups -OCH3 is 1. The molecule has 1 aromatic rings. The number of amides is 1. The molecule has 0 aliphatic heterocycles. The third-order valence-electron chi connectivity index (χ3n) is 2.39. The Hall–Kier alpha value is -1.46. The molecule has 1 amide bonds. The zero-order valence-electron chi connectivity index (χ0n) is 10.6. The molecular weight excluding hydrogens is 237 g/mol. The number of rotatable bonds is 7. The van der Waals surface area contributed by atoms with Gasteiger partial charge in [-0.2, -0.15) is 0 Å². The van der Waals surface area contributed by atoms with Gasteiger partial charge in [-0.05, 0) is 24.6 Å². The number of carbonyl (C=O) groups is 1. The number of ether oxygens (including phenoxy) is 2. The topological polar surface area (TPSA) is 47.6 Å². The van der Waals surface area contributed by atoms with Crippen LogP contribution < -0.4 is 5.32 Å². The SMILES string of the molecule is COCCOCC(=O)N[C@H](C)c1cccc(F)c1. The fraction of sp³-hybridized carbons (Fsp3) is 0.462. The minimum absolute atomic E-state index is 0.0248. The fourth-order valence-electron chi connectivity index (χ4n) is 1.45. The van der Waals surface area contributed by atoms with Crippen LogP contribution in [0.4, 0.5) is 4.39 Å². The summed E-state index contributed by atoms with van der Waals surface area (Å²) in [5.74, 6) is -0.548. The maximum atomic E-state index is 13.0. The van der Waals surface area contributed by atoms with Crippen molar-refractivity contribution >= 4 is 5.91 Å². The molecule has 1 N–H and O–H groups in total. The predicted octanol–water partition coefficient (Wildman–Crippen LogP) is 1.67. The first-order valence-corrected chi connectivity index (χ1v) is 5.75. The summed E-state index contributed by atoms with van der Waals surface area (Å²) in [5.41, 5.74) is 0.722. The highest BCUT2D eigenvalue weighted by Crippen LogP contribution is 2.13. The van der Waals surface area contributed by atoms with Crippen molar-refractivity contribution in [1.29, 1.82) is 0 Å². The van der Waals surface area contributed by atoms with Crippen LogP contribution in [0.3, 0.4) is 0 Å². The summed E-state index contributed by atoms with van der Waals surface area (Å²) in [5, 5.41) is 2.73. The van der Waals surface area contributed by atoms with Gasteiger partial charge in [-0.25, -0.2) is 4.39 Å².